The fraction of sp³-hybridized carbons (Fsp3) is 0.125. The number of rotatable bonds is 3. The predicted molar refractivity (Wildman–Crippen MR) is 111 cm³/mol. The number of aromatic nitrogens is 1. The second-order valence-electron chi connectivity index (χ2n) is 7.15. The van der Waals surface area contributed by atoms with Crippen molar-refractivity contribution in [2.45, 2.75) is 19.9 Å². The maximum Gasteiger partial charge on any atom is 0.300 e. The first-order valence-electron chi connectivity index (χ1n) is 9.32. The third-order valence-electron chi connectivity index (χ3n) is 5.07. The Hall–Kier alpha value is -3.73. The van der Waals surface area contributed by atoms with Crippen molar-refractivity contribution in [3.8, 4) is 0 Å². The van der Waals surface area contributed by atoms with Gasteiger partial charge in [0.25, 0.3) is 11.7 Å². The van der Waals surface area contributed by atoms with Gasteiger partial charge in [-0.1, -0.05) is 42.0 Å². The molecule has 1 aliphatic heterocycles. The molecule has 1 aromatic heterocycles. The van der Waals surface area contributed by atoms with E-state index in [-0.39, 0.29) is 11.3 Å². The highest BCUT2D eigenvalue weighted by molar-refractivity contribution is 6.51. The Kier molecular flexibility index (Phi) is 4.72. The van der Waals surface area contributed by atoms with Gasteiger partial charge in [-0.05, 0) is 49.2 Å². The molecule has 0 aliphatic carbocycles. The zero-order valence-electron chi connectivity index (χ0n) is 16.2. The molecule has 3 aromatic rings. The van der Waals surface area contributed by atoms with E-state index < -0.39 is 17.7 Å². The SMILES string of the molecule is Cc1ccc(/C(O)=C2\C(=O)C(=O)N(c3cccc(C)c3)C2c2ccncc2)cc1. The fourth-order valence-corrected chi connectivity index (χ4v) is 3.60. The normalized spacial score (nSPS) is 18.3. The second kappa shape index (κ2) is 7.36. The Morgan fingerprint density at radius 2 is 1.62 bits per heavy atom. The van der Waals surface area contributed by atoms with Crippen molar-refractivity contribution in [3.05, 3.63) is 101 Å². The Balaban J connectivity index is 1.94. The van der Waals surface area contributed by atoms with Crippen molar-refractivity contribution < 1.29 is 14.7 Å². The molecule has 1 unspecified atom stereocenters. The summed E-state index contributed by atoms with van der Waals surface area (Å²) in [5.74, 6) is -1.54. The second-order valence-corrected chi connectivity index (χ2v) is 7.15. The quantitative estimate of drug-likeness (QED) is 0.415. The Bertz CT molecular complexity index is 1120. The van der Waals surface area contributed by atoms with Gasteiger partial charge in [-0.2, -0.15) is 0 Å². The van der Waals surface area contributed by atoms with E-state index in [0.29, 0.717) is 16.8 Å². The minimum absolute atomic E-state index is 0.0755. The van der Waals surface area contributed by atoms with Crippen LogP contribution in [0.4, 0.5) is 5.69 Å². The van der Waals surface area contributed by atoms with Crippen LogP contribution in [0.1, 0.15) is 28.3 Å². The molecule has 144 valence electrons. The first-order valence-corrected chi connectivity index (χ1v) is 9.32. The van der Waals surface area contributed by atoms with E-state index in [2.05, 4.69) is 4.98 Å². The molecule has 1 aliphatic rings. The molecule has 0 radical (unpaired) electrons. The molecule has 5 nitrogen and oxygen atoms in total. The first kappa shape index (κ1) is 18.6. The van der Waals surface area contributed by atoms with Crippen LogP contribution in [0.15, 0.2) is 78.6 Å². The van der Waals surface area contributed by atoms with Crippen molar-refractivity contribution >= 4 is 23.1 Å². The van der Waals surface area contributed by atoms with Gasteiger partial charge in [0.2, 0.25) is 0 Å². The zero-order valence-corrected chi connectivity index (χ0v) is 16.2. The highest BCUT2D eigenvalue weighted by atomic mass is 16.3. The van der Waals surface area contributed by atoms with Crippen LogP contribution in [0.3, 0.4) is 0 Å². The van der Waals surface area contributed by atoms with Gasteiger partial charge in [0.05, 0.1) is 11.6 Å². The van der Waals surface area contributed by atoms with Crippen LogP contribution in [0.5, 0.6) is 0 Å². The van der Waals surface area contributed by atoms with Gasteiger partial charge in [-0.3, -0.25) is 19.5 Å². The summed E-state index contributed by atoms with van der Waals surface area (Å²) in [6.07, 6.45) is 3.22. The summed E-state index contributed by atoms with van der Waals surface area (Å²) < 4.78 is 0. The molecule has 1 amide bonds. The number of carbonyl (C=O) groups is 2. The van der Waals surface area contributed by atoms with Gasteiger partial charge in [0.1, 0.15) is 5.76 Å². The molecule has 2 heterocycles. The number of carbonyl (C=O) groups excluding carboxylic acids is 2. The lowest BCUT2D eigenvalue weighted by atomic mass is 9.95. The fourth-order valence-electron chi connectivity index (χ4n) is 3.60. The number of hydrogen-bond acceptors (Lipinski definition) is 4. The molecule has 1 N–H and O–H groups in total. The highest BCUT2D eigenvalue weighted by Crippen LogP contribution is 2.42. The first-order chi connectivity index (χ1) is 14.0. The molecule has 2 aromatic carbocycles. The average Bonchev–Trinajstić information content (AvgIpc) is 2.99. The Labute approximate surface area is 169 Å². The van der Waals surface area contributed by atoms with E-state index in [1.54, 1.807) is 42.7 Å². The van der Waals surface area contributed by atoms with Crippen LogP contribution >= 0.6 is 0 Å². The smallest absolute Gasteiger partial charge is 0.300 e. The molecule has 0 saturated carbocycles. The summed E-state index contributed by atoms with van der Waals surface area (Å²) in [7, 11) is 0. The van der Waals surface area contributed by atoms with Gasteiger partial charge in [-0.25, -0.2) is 0 Å². The lowest BCUT2D eigenvalue weighted by Gasteiger charge is -2.25. The molecule has 1 saturated heterocycles. The van der Waals surface area contributed by atoms with E-state index in [9.17, 15) is 14.7 Å². The molecule has 29 heavy (non-hydrogen) atoms. The van der Waals surface area contributed by atoms with Crippen molar-refractivity contribution in [3.63, 3.8) is 0 Å². The third kappa shape index (κ3) is 3.31. The van der Waals surface area contributed by atoms with Crippen molar-refractivity contribution in [1.29, 1.82) is 0 Å². The third-order valence-corrected chi connectivity index (χ3v) is 5.07. The monoisotopic (exact) mass is 384 g/mol. The number of ketones is 1. The molecule has 0 bridgehead atoms. The maximum atomic E-state index is 13.0. The molecule has 5 heteroatoms. The van der Waals surface area contributed by atoms with Gasteiger partial charge in [0, 0.05) is 23.6 Å². The molecule has 0 spiro atoms. The number of pyridine rings is 1. The topological polar surface area (TPSA) is 70.5 Å². The molecular formula is C24H20N2O3. The number of anilines is 1. The number of hydrogen-bond donors (Lipinski definition) is 1. The number of aliphatic hydroxyl groups excluding tert-OH is 1. The van der Waals surface area contributed by atoms with E-state index in [4.69, 9.17) is 0 Å². The van der Waals surface area contributed by atoms with E-state index >= 15 is 0 Å². The largest absolute Gasteiger partial charge is 0.507 e. The van der Waals surface area contributed by atoms with E-state index in [1.165, 1.54) is 4.90 Å². The summed E-state index contributed by atoms with van der Waals surface area (Å²) in [5, 5.41) is 11.0. The van der Waals surface area contributed by atoms with Crippen molar-refractivity contribution in [1.82, 2.24) is 4.98 Å². The van der Waals surface area contributed by atoms with Crippen LogP contribution in [-0.2, 0) is 9.59 Å². The highest BCUT2D eigenvalue weighted by Gasteiger charge is 2.46. The van der Waals surface area contributed by atoms with E-state index in [1.807, 2.05) is 44.2 Å². The van der Waals surface area contributed by atoms with Crippen LogP contribution in [0, 0.1) is 13.8 Å². The number of aliphatic hydroxyl groups is 1. The van der Waals surface area contributed by atoms with Gasteiger partial charge >= 0.3 is 0 Å². The average molecular weight is 384 g/mol. The Morgan fingerprint density at radius 1 is 0.931 bits per heavy atom. The standard InChI is InChI=1S/C24H20N2O3/c1-15-6-8-18(9-7-15)22(27)20-21(17-10-12-25-13-11-17)26(24(29)23(20)28)19-5-3-4-16(2)14-19/h3-14,21,27H,1-2H3/b22-20+. The minimum Gasteiger partial charge on any atom is -0.507 e. The molecule has 1 atom stereocenters. The number of nitrogens with zero attached hydrogens (tertiary/aromatic N) is 2. The number of Topliss-reactive ketones (excluding diaryl/α,β-unsaturated/α-hetero) is 1. The number of benzene rings is 2. The summed E-state index contributed by atoms with van der Waals surface area (Å²) in [6.45, 7) is 3.87. The Morgan fingerprint density at radius 3 is 2.28 bits per heavy atom. The predicted octanol–water partition coefficient (Wildman–Crippen LogP) is 4.32. The summed E-state index contributed by atoms with van der Waals surface area (Å²) in [5.41, 5.74) is 3.89. The zero-order chi connectivity index (χ0) is 20.5. The number of aryl methyl sites for hydroxylation is 2. The van der Waals surface area contributed by atoms with Crippen LogP contribution in [0.2, 0.25) is 0 Å². The molecular weight excluding hydrogens is 364 g/mol. The van der Waals surface area contributed by atoms with Gasteiger partial charge < -0.3 is 5.11 Å². The lowest BCUT2D eigenvalue weighted by Crippen LogP contribution is -2.29. The van der Waals surface area contributed by atoms with Crippen LogP contribution < -0.4 is 4.90 Å². The van der Waals surface area contributed by atoms with Gasteiger partial charge in [0.15, 0.2) is 0 Å². The maximum absolute atomic E-state index is 13.0. The van der Waals surface area contributed by atoms with Crippen LogP contribution in [-0.4, -0.2) is 21.8 Å². The lowest BCUT2D eigenvalue weighted by molar-refractivity contribution is -0.132. The van der Waals surface area contributed by atoms with Crippen molar-refractivity contribution in [2.24, 2.45) is 0 Å². The summed E-state index contributed by atoms with van der Waals surface area (Å²) in [6, 6.07) is 17.4. The van der Waals surface area contributed by atoms with Gasteiger partial charge in [-0.15, -0.1) is 0 Å². The minimum atomic E-state index is -0.735. The summed E-state index contributed by atoms with van der Waals surface area (Å²) >= 11 is 0. The molecule has 4 rings (SSSR count). The number of amides is 1. The summed E-state index contributed by atoms with van der Waals surface area (Å²) in [4.78, 5) is 31.5. The molecule has 1 fully saturated rings. The van der Waals surface area contributed by atoms with Crippen LogP contribution in [0.25, 0.3) is 5.76 Å². The van der Waals surface area contributed by atoms with Crippen molar-refractivity contribution in [2.75, 3.05) is 4.90 Å². The van der Waals surface area contributed by atoms with E-state index in [0.717, 1.165) is 11.1 Å².